The predicted octanol–water partition coefficient (Wildman–Crippen LogP) is 26.2. The maximum atomic E-state index is 14.8. The molecule has 3 rings (SSSR count). The van der Waals surface area contributed by atoms with Gasteiger partial charge in [-0.1, -0.05) is 35.4 Å². The second-order valence-corrected chi connectivity index (χ2v) is 28.8. The van der Waals surface area contributed by atoms with Crippen molar-refractivity contribution >= 4 is 59.0 Å². The molecule has 0 aliphatic heterocycles. The highest BCUT2D eigenvalue weighted by Crippen LogP contribution is 2.66. The first-order chi connectivity index (χ1) is 51.9. The standard InChI is InChI=1S/C58H38F52O4S4/c1-23-15-27(19-115-11-7-35(59,60)39(67,68)43(75,76)47(83,84)51(91,92)55(99,100)101)31(28(16-23)20-116-12-8-36(61,62)40(69,70)44(77,78)48(85,86)52(93,94)56(102,103)104)113-33(111)25-3-5-26(6-4-25)34(112)114-32-29(21-117-13-9-37(63,64)41(71,72)45(79,80)49(87,88)53(95,96)57(105,106)107)17-24(2)18-30(32)22-118-14-10-38(65,66)42(73,74)46(81,82)50(89,90)54(97,98)58(108,109)110/h3-6,15-18H,7-14,19-22H2,1-2H3. The number of alkyl halides is 52. The molecule has 0 saturated heterocycles. The quantitative estimate of drug-likeness (QED) is 0.0242. The van der Waals surface area contributed by atoms with Crippen LogP contribution in [0.3, 0.4) is 0 Å². The van der Waals surface area contributed by atoms with Gasteiger partial charge in [0.15, 0.2) is 0 Å². The number of carbonyl (C=O) groups excluding carboxylic acids is 2. The molecule has 118 heavy (non-hydrogen) atoms. The third-order valence-electron chi connectivity index (χ3n) is 15.8. The summed E-state index contributed by atoms with van der Waals surface area (Å²) in [6.07, 6.45) is -43.4. The first kappa shape index (κ1) is 107. The Morgan fingerprint density at radius 1 is 0.237 bits per heavy atom. The van der Waals surface area contributed by atoms with Crippen LogP contribution in [0.4, 0.5) is 228 Å². The molecule has 0 spiro atoms. The van der Waals surface area contributed by atoms with E-state index in [-0.39, 0.29) is 58.2 Å². The molecule has 0 fully saturated rings. The molecule has 3 aromatic rings. The molecule has 0 aliphatic carbocycles. The summed E-state index contributed by atoms with van der Waals surface area (Å²) in [7, 11) is 0. The fourth-order valence-electron chi connectivity index (χ4n) is 8.96. The SMILES string of the molecule is Cc1cc(CSCCC(F)(F)C(F)(F)C(F)(F)C(F)(F)C(F)(F)C(F)(F)F)c(OC(=O)c2ccc(C(=O)Oc3c(CSCCC(F)(F)C(F)(F)C(F)(F)C(F)(F)C(F)(F)C(F)(F)F)cc(C)cc3CSCCC(F)(F)C(F)(F)C(F)(F)C(F)(F)C(F)(F)C(F)(F)F)cc2)c(CSCCC(F)(F)C(F)(F)C(F)(F)C(F)(F)C(F)(F)C(F)(F)F)c1. The molecule has 0 bridgehead atoms. The fourth-order valence-corrected chi connectivity index (χ4v) is 12.9. The number of aryl methyl sites for hydroxylation is 2. The highest BCUT2D eigenvalue weighted by atomic mass is 32.2. The molecule has 0 saturated carbocycles. The van der Waals surface area contributed by atoms with Crippen molar-refractivity contribution in [2.75, 3.05) is 23.0 Å². The van der Waals surface area contributed by atoms with Gasteiger partial charge in [-0.05, 0) is 61.1 Å². The van der Waals surface area contributed by atoms with Crippen molar-refractivity contribution in [2.24, 2.45) is 0 Å². The minimum Gasteiger partial charge on any atom is -0.422 e. The maximum absolute atomic E-state index is 14.8. The van der Waals surface area contributed by atoms with Gasteiger partial charge in [-0.2, -0.15) is 275 Å². The van der Waals surface area contributed by atoms with E-state index in [0.717, 1.165) is 13.8 Å². The van der Waals surface area contributed by atoms with Gasteiger partial charge in [-0.3, -0.25) is 0 Å². The molecule has 0 aliphatic rings. The second-order valence-electron chi connectivity index (χ2n) is 24.4. The minimum absolute atomic E-state index is 0.343. The third kappa shape index (κ3) is 18.9. The Balaban J connectivity index is 2.21. The molecule has 0 N–H and O–H groups in total. The zero-order valence-corrected chi connectivity index (χ0v) is 59.3. The van der Waals surface area contributed by atoms with Crippen molar-refractivity contribution in [2.45, 2.75) is 206 Å². The molecule has 0 amide bonds. The Kier molecular flexibility index (Phi) is 30.5. The van der Waals surface area contributed by atoms with Gasteiger partial charge < -0.3 is 9.47 Å². The summed E-state index contributed by atoms with van der Waals surface area (Å²) in [4.78, 5) is 27.6. The number of rotatable bonds is 40. The van der Waals surface area contributed by atoms with Crippen LogP contribution in [0.2, 0.25) is 0 Å². The molecule has 3 aromatic carbocycles. The van der Waals surface area contributed by atoms with E-state index in [1.165, 1.54) is 0 Å². The average Bonchev–Trinajstić information content (AvgIpc) is 0.726. The van der Waals surface area contributed by atoms with Gasteiger partial charge in [0.05, 0.1) is 11.1 Å². The maximum Gasteiger partial charge on any atom is 0.460 e. The lowest BCUT2D eigenvalue weighted by atomic mass is 9.93. The van der Waals surface area contributed by atoms with Crippen LogP contribution in [0.5, 0.6) is 11.5 Å². The van der Waals surface area contributed by atoms with Crippen molar-refractivity contribution in [1.82, 2.24) is 0 Å². The van der Waals surface area contributed by atoms with E-state index in [1.54, 1.807) is 0 Å². The molecule has 0 heterocycles. The van der Waals surface area contributed by atoms with Crippen molar-refractivity contribution in [1.29, 1.82) is 0 Å². The molecule has 0 aromatic heterocycles. The first-order valence-corrected chi connectivity index (χ1v) is 34.4. The van der Waals surface area contributed by atoms with Crippen LogP contribution < -0.4 is 9.47 Å². The van der Waals surface area contributed by atoms with Crippen molar-refractivity contribution < 1.29 is 247 Å². The Labute approximate surface area is 638 Å². The molecule has 60 heteroatoms. The van der Waals surface area contributed by atoms with E-state index in [0.29, 0.717) is 48.5 Å². The van der Waals surface area contributed by atoms with Gasteiger partial charge in [0.25, 0.3) is 0 Å². The number of thioether (sulfide) groups is 4. The minimum atomic E-state index is -8.41. The van der Waals surface area contributed by atoms with Crippen LogP contribution >= 0.6 is 47.0 Å². The second kappa shape index (κ2) is 33.8. The van der Waals surface area contributed by atoms with E-state index in [4.69, 9.17) is 9.47 Å². The van der Waals surface area contributed by atoms with Gasteiger partial charge in [0.2, 0.25) is 0 Å². The van der Waals surface area contributed by atoms with E-state index < -0.39 is 272 Å². The Hall–Kier alpha value is -5.64. The number of halogens is 52. The van der Waals surface area contributed by atoms with Crippen molar-refractivity contribution in [3.63, 3.8) is 0 Å². The smallest absolute Gasteiger partial charge is 0.422 e. The highest BCUT2D eigenvalue weighted by Gasteiger charge is 2.95. The fraction of sp³-hybridized carbons (Fsp3) is 0.655. The molecule has 0 radical (unpaired) electrons. The highest BCUT2D eigenvalue weighted by molar-refractivity contribution is 7.99. The first-order valence-electron chi connectivity index (χ1n) is 29.8. The summed E-state index contributed by atoms with van der Waals surface area (Å²) in [5.74, 6) is -178. The lowest BCUT2D eigenvalue weighted by molar-refractivity contribution is -0.439. The predicted molar refractivity (Wildman–Crippen MR) is 305 cm³/mol. The average molecular weight is 1920 g/mol. The van der Waals surface area contributed by atoms with E-state index in [2.05, 4.69) is 0 Å². The number of carbonyl (C=O) groups is 2. The van der Waals surface area contributed by atoms with Crippen molar-refractivity contribution in [3.05, 3.63) is 93.0 Å². The van der Waals surface area contributed by atoms with Crippen LogP contribution in [0.25, 0.3) is 0 Å². The molecule has 4 nitrogen and oxygen atoms in total. The van der Waals surface area contributed by atoms with E-state index >= 15 is 0 Å². The van der Waals surface area contributed by atoms with Gasteiger partial charge in [0.1, 0.15) is 11.5 Å². The summed E-state index contributed by atoms with van der Waals surface area (Å²) in [6.45, 7) is 1.76. The van der Waals surface area contributed by atoms with Crippen LogP contribution in [0.15, 0.2) is 48.5 Å². The van der Waals surface area contributed by atoms with E-state index in [9.17, 15) is 238 Å². The summed E-state index contributed by atoms with van der Waals surface area (Å²) in [5, 5.41) is 0. The van der Waals surface area contributed by atoms with Gasteiger partial charge in [-0.25, -0.2) is 9.59 Å². The molecule has 0 unspecified atom stereocenters. The van der Waals surface area contributed by atoms with Crippen molar-refractivity contribution in [3.8, 4) is 11.5 Å². The summed E-state index contributed by atoms with van der Waals surface area (Å²) in [5.41, 5.74) is -6.36. The Bertz CT molecular complexity index is 3510. The Morgan fingerprint density at radius 3 is 0.525 bits per heavy atom. The third-order valence-corrected chi connectivity index (χ3v) is 19.8. The largest absolute Gasteiger partial charge is 0.460 e. The lowest BCUT2D eigenvalue weighted by Crippen LogP contribution is -2.70. The topological polar surface area (TPSA) is 52.6 Å². The van der Waals surface area contributed by atoms with Gasteiger partial charge in [0, 0.05) is 70.9 Å². The van der Waals surface area contributed by atoms with Crippen LogP contribution in [0, 0.1) is 13.8 Å². The number of hydrogen-bond acceptors (Lipinski definition) is 8. The number of benzene rings is 3. The zero-order chi connectivity index (χ0) is 93.3. The van der Waals surface area contributed by atoms with Crippen LogP contribution in [-0.4, -0.2) is 178 Å². The Morgan fingerprint density at radius 2 is 0.381 bits per heavy atom. The molecular formula is C58H38F52O4S4. The summed E-state index contributed by atoms with van der Waals surface area (Å²) in [6, 6.07) is 3.97. The van der Waals surface area contributed by atoms with Gasteiger partial charge in [-0.15, -0.1) is 0 Å². The number of hydrogen-bond donors (Lipinski definition) is 0. The normalized spacial score (nSPS) is 15.3. The summed E-state index contributed by atoms with van der Waals surface area (Å²) < 4.78 is 728. The van der Waals surface area contributed by atoms with E-state index in [1.807, 2.05) is 0 Å². The monoisotopic (exact) mass is 1910 g/mol. The van der Waals surface area contributed by atoms with Crippen LogP contribution in [0.1, 0.15) is 79.8 Å². The lowest BCUT2D eigenvalue weighted by Gasteiger charge is -2.39. The summed E-state index contributed by atoms with van der Waals surface area (Å²) >= 11 is -1.49. The molecular weight excluding hydrogens is 1880 g/mol. The molecule has 682 valence electrons. The zero-order valence-electron chi connectivity index (χ0n) is 56.0. The van der Waals surface area contributed by atoms with Gasteiger partial charge >= 0.3 is 155 Å². The number of esters is 2. The number of ether oxygens (including phenoxy) is 2. The van der Waals surface area contributed by atoms with Crippen LogP contribution in [-0.2, 0) is 23.0 Å². The molecule has 0 atom stereocenters.